The van der Waals surface area contributed by atoms with Crippen molar-refractivity contribution in [1.29, 1.82) is 0 Å². The van der Waals surface area contributed by atoms with Crippen LogP contribution in [0, 0.1) is 10.1 Å². The number of hydrogen-bond acceptors (Lipinski definition) is 5. The molecule has 2 aromatic carbocycles. The van der Waals surface area contributed by atoms with Crippen molar-refractivity contribution in [3.63, 3.8) is 0 Å². The van der Waals surface area contributed by atoms with E-state index in [1.165, 1.54) is 12.1 Å². The van der Waals surface area contributed by atoms with Gasteiger partial charge < -0.3 is 15.2 Å². The van der Waals surface area contributed by atoms with E-state index in [0.29, 0.717) is 5.56 Å². The van der Waals surface area contributed by atoms with E-state index in [1.807, 2.05) is 24.3 Å². The Morgan fingerprint density at radius 2 is 1.88 bits per heavy atom. The normalized spacial score (nSPS) is 14.3. The maximum atomic E-state index is 11.6. The summed E-state index contributed by atoms with van der Waals surface area (Å²) < 4.78 is 5.11. The summed E-state index contributed by atoms with van der Waals surface area (Å²) in [6.45, 7) is -0.585. The van der Waals surface area contributed by atoms with Gasteiger partial charge in [-0.2, -0.15) is 0 Å². The van der Waals surface area contributed by atoms with Crippen LogP contribution in [0.5, 0.6) is 0 Å². The van der Waals surface area contributed by atoms with Crippen LogP contribution in [0.25, 0.3) is 11.1 Å². The summed E-state index contributed by atoms with van der Waals surface area (Å²) >= 11 is 0. The number of carboxylic acids is 1. The number of amides is 1. The summed E-state index contributed by atoms with van der Waals surface area (Å²) in [4.78, 5) is 32.6. The fraction of sp³-hybridized carbons (Fsp3) is 0.176. The Balaban J connectivity index is 1.86. The number of hydrogen-bond donors (Lipinski definition) is 2. The molecule has 0 bridgehead atoms. The second kappa shape index (κ2) is 6.60. The molecule has 0 saturated carbocycles. The van der Waals surface area contributed by atoms with Gasteiger partial charge in [0.25, 0.3) is 5.69 Å². The van der Waals surface area contributed by atoms with Gasteiger partial charge in [0, 0.05) is 18.1 Å². The number of ether oxygens (including phenoxy) is 1. The number of alkyl carbamates (subject to hydrolysis) is 1. The molecule has 0 aliphatic heterocycles. The number of aliphatic carboxylic acids is 1. The average Bonchev–Trinajstić information content (AvgIpc) is 2.91. The number of nitro benzene ring substituents is 1. The summed E-state index contributed by atoms with van der Waals surface area (Å²) in [5.74, 6) is -1.52. The van der Waals surface area contributed by atoms with Crippen LogP contribution in [0.15, 0.2) is 42.5 Å². The number of nitrogens with one attached hydrogen (secondary N) is 1. The van der Waals surface area contributed by atoms with E-state index in [2.05, 4.69) is 5.32 Å². The smallest absolute Gasteiger partial charge is 0.407 e. The van der Waals surface area contributed by atoms with Gasteiger partial charge in [-0.25, -0.2) is 4.79 Å². The maximum Gasteiger partial charge on any atom is 0.407 e. The van der Waals surface area contributed by atoms with Gasteiger partial charge in [-0.15, -0.1) is 0 Å². The Bertz CT molecular complexity index is 864. The van der Waals surface area contributed by atoms with Crippen LogP contribution in [0.2, 0.25) is 0 Å². The molecule has 2 N–H and O–H groups in total. The molecule has 1 amide bonds. The fourth-order valence-electron chi connectivity index (χ4n) is 2.95. The minimum Gasteiger partial charge on any atom is -0.480 e. The highest BCUT2D eigenvalue weighted by Gasteiger charge is 2.31. The second-order valence-electron chi connectivity index (χ2n) is 5.51. The third kappa shape index (κ3) is 3.27. The molecule has 0 radical (unpaired) electrons. The molecule has 128 valence electrons. The molecule has 25 heavy (non-hydrogen) atoms. The SMILES string of the molecule is O=C(O)CNC(=O)OCC1c2ccccc2-c2ccc([N+](=O)[O-])cc21. The molecule has 2 aromatic rings. The van der Waals surface area contributed by atoms with Crippen LogP contribution in [0.3, 0.4) is 0 Å². The first-order valence-electron chi connectivity index (χ1n) is 7.47. The van der Waals surface area contributed by atoms with Crippen LogP contribution >= 0.6 is 0 Å². The van der Waals surface area contributed by atoms with Crippen molar-refractivity contribution >= 4 is 17.7 Å². The molecule has 8 heteroatoms. The Kier molecular flexibility index (Phi) is 4.34. The molecule has 0 spiro atoms. The molecule has 1 aliphatic carbocycles. The third-order valence-electron chi connectivity index (χ3n) is 4.01. The zero-order valence-corrected chi connectivity index (χ0v) is 13.0. The topological polar surface area (TPSA) is 119 Å². The van der Waals surface area contributed by atoms with Crippen LogP contribution in [0.4, 0.5) is 10.5 Å². The molecule has 1 unspecified atom stereocenters. The van der Waals surface area contributed by atoms with E-state index in [9.17, 15) is 19.7 Å². The molecule has 0 heterocycles. The van der Waals surface area contributed by atoms with E-state index in [0.717, 1.165) is 16.7 Å². The highest BCUT2D eigenvalue weighted by atomic mass is 16.6. The van der Waals surface area contributed by atoms with Crippen molar-refractivity contribution in [1.82, 2.24) is 5.32 Å². The van der Waals surface area contributed by atoms with Crippen molar-refractivity contribution in [3.05, 3.63) is 63.7 Å². The number of carbonyl (C=O) groups is 2. The lowest BCUT2D eigenvalue weighted by Crippen LogP contribution is -2.30. The quantitative estimate of drug-likeness (QED) is 0.636. The van der Waals surface area contributed by atoms with Crippen molar-refractivity contribution in [2.75, 3.05) is 13.2 Å². The number of benzene rings is 2. The standard InChI is InChI=1S/C17H14N2O6/c20-16(21)8-18-17(22)25-9-15-12-4-2-1-3-11(12)13-6-5-10(19(23)24)7-14(13)15/h1-7,15H,8-9H2,(H,18,22)(H,20,21). The summed E-state index contributed by atoms with van der Waals surface area (Å²) in [6, 6.07) is 12.1. The Labute approximate surface area is 142 Å². The summed E-state index contributed by atoms with van der Waals surface area (Å²) in [5.41, 5.74) is 3.38. The van der Waals surface area contributed by atoms with E-state index in [4.69, 9.17) is 9.84 Å². The van der Waals surface area contributed by atoms with Gasteiger partial charge in [0.15, 0.2) is 0 Å². The molecule has 3 rings (SSSR count). The van der Waals surface area contributed by atoms with Crippen LogP contribution < -0.4 is 5.32 Å². The summed E-state index contributed by atoms with van der Waals surface area (Å²) in [7, 11) is 0. The highest BCUT2D eigenvalue weighted by molar-refractivity contribution is 5.80. The number of fused-ring (bicyclic) bond motifs is 3. The predicted octanol–water partition coefficient (Wildman–Crippen LogP) is 2.52. The number of carboxylic acid groups (broad SMARTS) is 1. The molecule has 0 aromatic heterocycles. The second-order valence-corrected chi connectivity index (χ2v) is 5.51. The molecule has 1 atom stereocenters. The lowest BCUT2D eigenvalue weighted by Gasteiger charge is -2.14. The van der Waals surface area contributed by atoms with E-state index in [1.54, 1.807) is 6.07 Å². The first kappa shape index (κ1) is 16.4. The molecule has 1 aliphatic rings. The van der Waals surface area contributed by atoms with Gasteiger partial charge in [0.05, 0.1) is 4.92 Å². The van der Waals surface area contributed by atoms with Crippen molar-refractivity contribution in [2.24, 2.45) is 0 Å². The zero-order chi connectivity index (χ0) is 18.0. The van der Waals surface area contributed by atoms with E-state index >= 15 is 0 Å². The summed E-state index contributed by atoms with van der Waals surface area (Å²) in [5, 5.41) is 21.7. The van der Waals surface area contributed by atoms with Crippen LogP contribution in [-0.4, -0.2) is 35.2 Å². The van der Waals surface area contributed by atoms with Crippen molar-refractivity contribution in [3.8, 4) is 11.1 Å². The van der Waals surface area contributed by atoms with Crippen molar-refractivity contribution < 1.29 is 24.4 Å². The molecular formula is C17H14N2O6. The molecule has 0 saturated heterocycles. The number of rotatable bonds is 5. The third-order valence-corrected chi connectivity index (χ3v) is 4.01. The molecule has 8 nitrogen and oxygen atoms in total. The van der Waals surface area contributed by atoms with Gasteiger partial charge in [0.1, 0.15) is 13.2 Å². The number of nitro groups is 1. The lowest BCUT2D eigenvalue weighted by atomic mass is 9.98. The molecule has 0 fully saturated rings. The van der Waals surface area contributed by atoms with Gasteiger partial charge in [-0.1, -0.05) is 24.3 Å². The Morgan fingerprint density at radius 3 is 2.60 bits per heavy atom. The first-order valence-corrected chi connectivity index (χ1v) is 7.47. The maximum absolute atomic E-state index is 11.6. The Morgan fingerprint density at radius 1 is 1.16 bits per heavy atom. The minimum absolute atomic E-state index is 0.0353. The van der Waals surface area contributed by atoms with Crippen molar-refractivity contribution in [2.45, 2.75) is 5.92 Å². The number of carbonyl (C=O) groups excluding carboxylic acids is 1. The van der Waals surface area contributed by atoms with Crippen LogP contribution in [0.1, 0.15) is 17.0 Å². The molecular weight excluding hydrogens is 328 g/mol. The Hall–Kier alpha value is -3.42. The van der Waals surface area contributed by atoms with Gasteiger partial charge in [0.2, 0.25) is 0 Å². The first-order chi connectivity index (χ1) is 12.0. The minimum atomic E-state index is -1.18. The van der Waals surface area contributed by atoms with E-state index < -0.39 is 23.5 Å². The summed E-state index contributed by atoms with van der Waals surface area (Å²) in [6.07, 6.45) is -0.848. The zero-order valence-electron chi connectivity index (χ0n) is 13.0. The van der Waals surface area contributed by atoms with E-state index in [-0.39, 0.29) is 18.2 Å². The number of nitrogens with zero attached hydrogens (tertiary/aromatic N) is 1. The fourth-order valence-corrected chi connectivity index (χ4v) is 2.95. The monoisotopic (exact) mass is 342 g/mol. The highest BCUT2D eigenvalue weighted by Crippen LogP contribution is 2.45. The number of non-ortho nitro benzene ring substituents is 1. The largest absolute Gasteiger partial charge is 0.480 e. The average molecular weight is 342 g/mol. The van der Waals surface area contributed by atoms with Gasteiger partial charge >= 0.3 is 12.1 Å². The lowest BCUT2D eigenvalue weighted by molar-refractivity contribution is -0.384. The van der Waals surface area contributed by atoms with Gasteiger partial charge in [-0.3, -0.25) is 14.9 Å². The van der Waals surface area contributed by atoms with Gasteiger partial charge in [-0.05, 0) is 28.3 Å². The predicted molar refractivity (Wildman–Crippen MR) is 87.4 cm³/mol. The van der Waals surface area contributed by atoms with Crippen LogP contribution in [-0.2, 0) is 9.53 Å².